The number of carbonyl (C=O) groups is 4. The highest BCUT2D eigenvalue weighted by Gasteiger charge is 2.43. The molecule has 9 nitrogen and oxygen atoms in total. The van der Waals surface area contributed by atoms with Crippen LogP contribution >= 0.6 is 11.6 Å². The molecular weight excluding hydrogens is 932 g/mol. The Kier molecular flexibility index (Phi) is 22.5. The molecule has 5 aromatic carbocycles. The number of nitrogens with one attached hydrogen (secondary N) is 2. The Balaban J connectivity index is 0.989. The second kappa shape index (κ2) is 29.1. The molecule has 0 bridgehead atoms. The summed E-state index contributed by atoms with van der Waals surface area (Å²) in [6.45, 7) is 8.29. The Morgan fingerprint density at radius 3 is 1.64 bits per heavy atom. The van der Waals surface area contributed by atoms with Gasteiger partial charge in [0, 0.05) is 47.0 Å². The van der Waals surface area contributed by atoms with E-state index in [0.717, 1.165) is 66.3 Å². The topological polar surface area (TPSA) is 120 Å². The molecule has 6 rings (SSSR count). The zero-order chi connectivity index (χ0) is 51.9. The summed E-state index contributed by atoms with van der Waals surface area (Å²) in [4.78, 5) is 53.5. The number of aryl methyl sites for hydroxylation is 1. The molecule has 0 radical (unpaired) electrons. The minimum absolute atomic E-state index is 0.0411. The van der Waals surface area contributed by atoms with Crippen molar-refractivity contribution in [3.63, 3.8) is 0 Å². The number of hydrogen-bond acceptors (Lipinski definition) is 7. The molecule has 2 amide bonds. The third-order valence-electron chi connectivity index (χ3n) is 13.8. The molecule has 390 valence electrons. The van der Waals surface area contributed by atoms with Crippen LogP contribution in [0.4, 0.5) is 4.79 Å². The van der Waals surface area contributed by atoms with Crippen LogP contribution in [0.25, 0.3) is 11.1 Å². The van der Waals surface area contributed by atoms with Gasteiger partial charge in [-0.3, -0.25) is 9.59 Å². The predicted octanol–water partition coefficient (Wildman–Crippen LogP) is 15.3. The Hall–Kier alpha value is -5.93. The normalized spacial score (nSPS) is 13.3. The minimum Gasteiger partial charge on any atom is -0.460 e. The molecule has 10 heteroatoms. The van der Waals surface area contributed by atoms with E-state index in [2.05, 4.69) is 34.9 Å². The predicted molar refractivity (Wildman–Crippen MR) is 294 cm³/mol. The summed E-state index contributed by atoms with van der Waals surface area (Å²) in [5, 5.41) is 6.41. The maximum Gasteiger partial charge on any atom is 0.407 e. The molecule has 0 spiro atoms. The average Bonchev–Trinajstić information content (AvgIpc) is 3.70. The highest BCUT2D eigenvalue weighted by Crippen LogP contribution is 2.45. The number of benzene rings is 5. The van der Waals surface area contributed by atoms with Crippen molar-refractivity contribution in [2.75, 3.05) is 13.2 Å². The van der Waals surface area contributed by atoms with E-state index < -0.39 is 29.3 Å². The zero-order valence-electron chi connectivity index (χ0n) is 43.9. The zero-order valence-corrected chi connectivity index (χ0v) is 44.6. The summed E-state index contributed by atoms with van der Waals surface area (Å²) in [7, 11) is 0. The molecular formula is C63H79ClN2O7. The van der Waals surface area contributed by atoms with Crippen LogP contribution < -0.4 is 10.6 Å². The number of halogens is 1. The first-order chi connectivity index (χ1) is 35.4. The van der Waals surface area contributed by atoms with Crippen molar-refractivity contribution in [2.24, 2.45) is 0 Å². The number of rotatable bonds is 30. The third-order valence-corrected chi connectivity index (χ3v) is 14.1. The number of ether oxygens (including phenoxy) is 3. The van der Waals surface area contributed by atoms with Gasteiger partial charge in [-0.15, -0.1) is 0 Å². The van der Waals surface area contributed by atoms with E-state index in [1.54, 1.807) is 6.07 Å². The Bertz CT molecular complexity index is 2460. The second-order valence-electron chi connectivity index (χ2n) is 20.7. The van der Waals surface area contributed by atoms with Crippen molar-refractivity contribution >= 4 is 35.5 Å². The number of fused-ring (bicyclic) bond motifs is 3. The molecule has 0 saturated heterocycles. The van der Waals surface area contributed by atoms with E-state index in [1.165, 1.54) is 62.5 Å². The molecule has 0 aromatic heterocycles. The number of amides is 2. The molecule has 1 unspecified atom stereocenters. The Morgan fingerprint density at radius 2 is 1.07 bits per heavy atom. The molecule has 0 saturated carbocycles. The Labute approximate surface area is 440 Å². The van der Waals surface area contributed by atoms with Gasteiger partial charge in [0.15, 0.2) is 5.60 Å². The molecule has 1 aliphatic carbocycles. The monoisotopic (exact) mass is 1010 g/mol. The van der Waals surface area contributed by atoms with Crippen molar-refractivity contribution in [1.82, 2.24) is 10.6 Å². The number of hydrogen-bond donors (Lipinski definition) is 2. The summed E-state index contributed by atoms with van der Waals surface area (Å²) >= 11 is 6.99. The first-order valence-electron chi connectivity index (χ1n) is 27.1. The molecule has 1 aliphatic rings. The highest BCUT2D eigenvalue weighted by molar-refractivity contribution is 6.31. The van der Waals surface area contributed by atoms with Gasteiger partial charge >= 0.3 is 18.0 Å². The lowest BCUT2D eigenvalue weighted by Crippen LogP contribution is -2.46. The van der Waals surface area contributed by atoms with Crippen LogP contribution in [0, 0.1) is 6.92 Å². The maximum absolute atomic E-state index is 14.8. The lowest BCUT2D eigenvalue weighted by Gasteiger charge is -2.37. The van der Waals surface area contributed by atoms with Gasteiger partial charge in [-0.05, 0) is 88.1 Å². The summed E-state index contributed by atoms with van der Waals surface area (Å²) in [5.74, 6) is -0.903. The molecule has 0 aliphatic heterocycles. The van der Waals surface area contributed by atoms with Gasteiger partial charge in [0.2, 0.25) is 5.91 Å². The van der Waals surface area contributed by atoms with Crippen LogP contribution in [0.2, 0.25) is 5.02 Å². The quantitative estimate of drug-likeness (QED) is 0.0203. The van der Waals surface area contributed by atoms with Crippen LogP contribution in [0.1, 0.15) is 182 Å². The fraction of sp³-hybridized carbons (Fsp3) is 0.460. The number of alkyl carbamates (subject to hydrolysis) is 1. The molecule has 2 atom stereocenters. The number of esters is 2. The van der Waals surface area contributed by atoms with E-state index in [0.29, 0.717) is 49.2 Å². The minimum atomic E-state index is -1.43. The standard InChI is InChI=1S/C63H79ClN2O7/c1-47-41-43-49(44-42-47)63(48-30-18-17-19-31-48,55-36-26-27-37-56(55)64)73-60(69)57(38-28-29-45-65-61(70)71-46-54-52-34-24-22-32-50(52)51-33-23-25-35-53(51)54)66-58(67)39-20-15-13-11-9-7-5-6-8-10-12-14-16-21-40-59(68)72-62(2,3)4/h17-19,22-27,30-37,41-44,54,57H,5-16,20-21,28-29,38-40,45-46H2,1-4H3,(H,65,70)(H,66,67)/t57-,63?/m0/s1. The van der Waals surface area contributed by atoms with Crippen LogP contribution in [0.5, 0.6) is 0 Å². The van der Waals surface area contributed by atoms with E-state index >= 15 is 0 Å². The smallest absolute Gasteiger partial charge is 0.407 e. The van der Waals surface area contributed by atoms with Gasteiger partial charge in [-0.1, -0.05) is 216 Å². The molecule has 0 heterocycles. The van der Waals surface area contributed by atoms with Crippen molar-refractivity contribution in [1.29, 1.82) is 0 Å². The van der Waals surface area contributed by atoms with Gasteiger partial charge in [-0.2, -0.15) is 0 Å². The summed E-state index contributed by atoms with van der Waals surface area (Å²) in [6.07, 6.45) is 17.4. The van der Waals surface area contributed by atoms with Crippen molar-refractivity contribution in [3.8, 4) is 11.1 Å². The molecule has 5 aromatic rings. The number of unbranched alkanes of at least 4 members (excludes halogenated alkanes) is 14. The van der Waals surface area contributed by atoms with Gasteiger partial charge in [-0.25, -0.2) is 9.59 Å². The van der Waals surface area contributed by atoms with Gasteiger partial charge < -0.3 is 24.8 Å². The lowest BCUT2D eigenvalue weighted by atomic mass is 9.79. The SMILES string of the molecule is Cc1ccc(C(OC(=O)[C@H](CCCCNC(=O)OCC2c3ccccc3-c3ccccc32)NC(=O)CCCCCCCCCCCCCCCCC(=O)OC(C)(C)C)(c2ccccc2)c2ccccc2Cl)cc1. The van der Waals surface area contributed by atoms with Crippen LogP contribution in [0.15, 0.2) is 127 Å². The largest absolute Gasteiger partial charge is 0.460 e. The van der Waals surface area contributed by atoms with E-state index in [4.69, 9.17) is 25.8 Å². The van der Waals surface area contributed by atoms with E-state index in [-0.39, 0.29) is 24.4 Å². The molecule has 2 N–H and O–H groups in total. The Morgan fingerprint density at radius 1 is 0.562 bits per heavy atom. The number of carbonyl (C=O) groups excluding carboxylic acids is 4. The van der Waals surface area contributed by atoms with Crippen LogP contribution in [-0.2, 0) is 34.2 Å². The summed E-state index contributed by atoms with van der Waals surface area (Å²) in [5.41, 5.74) is 5.90. The van der Waals surface area contributed by atoms with Gasteiger partial charge in [0.25, 0.3) is 0 Å². The van der Waals surface area contributed by atoms with Crippen LogP contribution in [-0.4, -0.2) is 48.7 Å². The summed E-state index contributed by atoms with van der Waals surface area (Å²) < 4.78 is 18.0. The van der Waals surface area contributed by atoms with E-state index in [1.807, 2.05) is 125 Å². The van der Waals surface area contributed by atoms with Crippen molar-refractivity contribution in [2.45, 2.75) is 173 Å². The molecule has 73 heavy (non-hydrogen) atoms. The molecule has 0 fully saturated rings. The summed E-state index contributed by atoms with van der Waals surface area (Å²) in [6, 6.07) is 40.5. The first kappa shape index (κ1) is 56.4. The van der Waals surface area contributed by atoms with Gasteiger partial charge in [0.05, 0.1) is 0 Å². The van der Waals surface area contributed by atoms with Gasteiger partial charge in [0.1, 0.15) is 18.2 Å². The first-order valence-corrected chi connectivity index (χ1v) is 27.4. The fourth-order valence-electron chi connectivity index (χ4n) is 9.98. The maximum atomic E-state index is 14.8. The third kappa shape index (κ3) is 17.3. The fourth-order valence-corrected chi connectivity index (χ4v) is 10.2. The van der Waals surface area contributed by atoms with Crippen molar-refractivity contribution in [3.05, 3.63) is 166 Å². The van der Waals surface area contributed by atoms with Crippen molar-refractivity contribution < 1.29 is 33.4 Å². The highest BCUT2D eigenvalue weighted by atomic mass is 35.5. The lowest BCUT2D eigenvalue weighted by molar-refractivity contribution is -0.157. The van der Waals surface area contributed by atoms with Crippen LogP contribution in [0.3, 0.4) is 0 Å². The van der Waals surface area contributed by atoms with E-state index in [9.17, 15) is 19.2 Å². The average molecular weight is 1010 g/mol. The second-order valence-corrected chi connectivity index (χ2v) is 21.1.